The maximum Gasteiger partial charge on any atom is 0.128 e. The molecule has 1 aromatic carbocycles. The molecule has 0 saturated heterocycles. The Kier molecular flexibility index (Phi) is 5.34. The first-order valence-corrected chi connectivity index (χ1v) is 7.31. The van der Waals surface area contributed by atoms with Gasteiger partial charge in [-0.1, -0.05) is 37.5 Å². The number of hydrogen-bond donors (Lipinski definition) is 1. The summed E-state index contributed by atoms with van der Waals surface area (Å²) in [5.74, 6) is -0.310. The Labute approximate surface area is 115 Å². The van der Waals surface area contributed by atoms with Crippen LogP contribution in [-0.2, 0) is 0 Å². The zero-order valence-corrected chi connectivity index (χ0v) is 11.7. The molecule has 2 nitrogen and oxygen atoms in total. The van der Waals surface area contributed by atoms with Crippen LogP contribution in [0.2, 0.25) is 0 Å². The lowest BCUT2D eigenvalue weighted by atomic mass is 9.94. The number of aliphatic hydroxyl groups excluding tert-OH is 1. The molecule has 1 unspecified atom stereocenters. The van der Waals surface area contributed by atoms with Crippen molar-refractivity contribution in [1.82, 2.24) is 4.90 Å². The van der Waals surface area contributed by atoms with Crippen molar-refractivity contribution in [2.75, 3.05) is 13.6 Å². The summed E-state index contributed by atoms with van der Waals surface area (Å²) in [6, 6.07) is 7.14. The molecule has 19 heavy (non-hydrogen) atoms. The second kappa shape index (κ2) is 7.01. The van der Waals surface area contributed by atoms with Crippen LogP contribution in [0.1, 0.15) is 50.2 Å². The molecule has 1 aliphatic carbocycles. The van der Waals surface area contributed by atoms with Gasteiger partial charge in [0.1, 0.15) is 5.82 Å². The van der Waals surface area contributed by atoms with Gasteiger partial charge in [0, 0.05) is 18.2 Å². The summed E-state index contributed by atoms with van der Waals surface area (Å²) in [5.41, 5.74) is 0.416. The molecule has 0 amide bonds. The van der Waals surface area contributed by atoms with Crippen LogP contribution >= 0.6 is 0 Å². The highest BCUT2D eigenvalue weighted by molar-refractivity contribution is 5.19. The van der Waals surface area contributed by atoms with E-state index >= 15 is 0 Å². The second-order valence-corrected chi connectivity index (χ2v) is 5.60. The highest BCUT2D eigenvalue weighted by Crippen LogP contribution is 2.24. The highest BCUT2D eigenvalue weighted by Gasteiger charge is 2.19. The van der Waals surface area contributed by atoms with Crippen molar-refractivity contribution in [3.8, 4) is 0 Å². The molecule has 0 heterocycles. The first kappa shape index (κ1) is 14.5. The van der Waals surface area contributed by atoms with Crippen molar-refractivity contribution in [3.63, 3.8) is 0 Å². The fourth-order valence-electron chi connectivity index (χ4n) is 2.93. The number of nitrogens with zero attached hydrogens (tertiary/aromatic N) is 1. The van der Waals surface area contributed by atoms with Gasteiger partial charge >= 0.3 is 0 Å². The topological polar surface area (TPSA) is 23.5 Å². The predicted molar refractivity (Wildman–Crippen MR) is 75.5 cm³/mol. The molecular weight excluding hydrogens is 241 g/mol. The molecule has 0 aromatic heterocycles. The van der Waals surface area contributed by atoms with Gasteiger partial charge in [-0.25, -0.2) is 4.39 Å². The average molecular weight is 265 g/mol. The third-order valence-corrected chi connectivity index (χ3v) is 4.22. The first-order valence-electron chi connectivity index (χ1n) is 7.31. The third-order valence-electron chi connectivity index (χ3n) is 4.22. The Morgan fingerprint density at radius 1 is 1.26 bits per heavy atom. The van der Waals surface area contributed by atoms with E-state index in [9.17, 15) is 9.50 Å². The van der Waals surface area contributed by atoms with Gasteiger partial charge in [-0.05, 0) is 32.4 Å². The number of rotatable bonds is 5. The van der Waals surface area contributed by atoms with Crippen molar-refractivity contribution in [1.29, 1.82) is 0 Å². The molecule has 1 aliphatic rings. The van der Waals surface area contributed by atoms with Gasteiger partial charge in [0.25, 0.3) is 0 Å². The van der Waals surface area contributed by atoms with E-state index in [1.165, 1.54) is 38.2 Å². The van der Waals surface area contributed by atoms with Gasteiger partial charge in [-0.2, -0.15) is 0 Å². The lowest BCUT2D eigenvalue weighted by Gasteiger charge is -2.31. The summed E-state index contributed by atoms with van der Waals surface area (Å²) in [5, 5.41) is 10.1. The first-order chi connectivity index (χ1) is 9.18. The van der Waals surface area contributed by atoms with Gasteiger partial charge in [-0.3, -0.25) is 0 Å². The molecular formula is C16H24FNO. The normalized spacial score (nSPS) is 18.7. The third kappa shape index (κ3) is 4.02. The van der Waals surface area contributed by atoms with Crippen LogP contribution in [0.3, 0.4) is 0 Å². The van der Waals surface area contributed by atoms with E-state index in [0.29, 0.717) is 18.0 Å². The monoisotopic (exact) mass is 265 g/mol. The summed E-state index contributed by atoms with van der Waals surface area (Å²) in [6.45, 7) is 0.820. The SMILES string of the molecule is CN(CCC(O)c1ccccc1F)C1CCCCC1. The van der Waals surface area contributed by atoms with Gasteiger partial charge in [0.2, 0.25) is 0 Å². The van der Waals surface area contributed by atoms with E-state index in [4.69, 9.17) is 0 Å². The maximum absolute atomic E-state index is 13.5. The van der Waals surface area contributed by atoms with Crippen molar-refractivity contribution in [2.45, 2.75) is 50.7 Å². The van der Waals surface area contributed by atoms with Crippen LogP contribution < -0.4 is 0 Å². The quantitative estimate of drug-likeness (QED) is 0.880. The van der Waals surface area contributed by atoms with E-state index in [1.54, 1.807) is 18.2 Å². The lowest BCUT2D eigenvalue weighted by Crippen LogP contribution is -2.34. The number of aliphatic hydroxyl groups is 1. The second-order valence-electron chi connectivity index (χ2n) is 5.60. The molecule has 1 aromatic rings. The minimum absolute atomic E-state index is 0.310. The molecule has 2 rings (SSSR count). The molecule has 0 aliphatic heterocycles. The van der Waals surface area contributed by atoms with Gasteiger partial charge in [-0.15, -0.1) is 0 Å². The van der Waals surface area contributed by atoms with Crippen LogP contribution in [0.5, 0.6) is 0 Å². The Hall–Kier alpha value is -0.930. The molecule has 3 heteroatoms. The summed E-state index contributed by atoms with van der Waals surface area (Å²) >= 11 is 0. The highest BCUT2D eigenvalue weighted by atomic mass is 19.1. The molecule has 0 spiro atoms. The Morgan fingerprint density at radius 2 is 1.95 bits per heavy atom. The summed E-state index contributed by atoms with van der Waals surface area (Å²) in [6.07, 6.45) is 6.37. The smallest absolute Gasteiger partial charge is 0.128 e. The largest absolute Gasteiger partial charge is 0.388 e. The van der Waals surface area contributed by atoms with Gasteiger partial charge < -0.3 is 10.0 Å². The minimum atomic E-state index is -0.702. The Balaban J connectivity index is 1.82. The van der Waals surface area contributed by atoms with E-state index in [1.807, 2.05) is 0 Å². The molecule has 106 valence electrons. The van der Waals surface area contributed by atoms with Crippen LogP contribution in [0.25, 0.3) is 0 Å². The standard InChI is InChI=1S/C16H24FNO/c1-18(13-7-3-2-4-8-13)12-11-16(19)14-9-5-6-10-15(14)17/h5-6,9-10,13,16,19H,2-4,7-8,11-12H2,1H3. The van der Waals surface area contributed by atoms with Gasteiger partial charge in [0.15, 0.2) is 0 Å². The summed E-state index contributed by atoms with van der Waals surface area (Å²) in [4.78, 5) is 2.32. The average Bonchev–Trinajstić information content (AvgIpc) is 2.46. The van der Waals surface area contributed by atoms with Crippen molar-refractivity contribution in [3.05, 3.63) is 35.6 Å². The predicted octanol–water partition coefficient (Wildman–Crippen LogP) is 3.51. The zero-order valence-electron chi connectivity index (χ0n) is 11.7. The van der Waals surface area contributed by atoms with E-state index in [0.717, 1.165) is 6.54 Å². The van der Waals surface area contributed by atoms with E-state index < -0.39 is 6.10 Å². The molecule has 1 atom stereocenters. The van der Waals surface area contributed by atoms with Crippen molar-refractivity contribution < 1.29 is 9.50 Å². The molecule has 1 N–H and O–H groups in total. The summed E-state index contributed by atoms with van der Waals surface area (Å²) in [7, 11) is 2.12. The fraction of sp³-hybridized carbons (Fsp3) is 0.625. The van der Waals surface area contributed by atoms with Gasteiger partial charge in [0.05, 0.1) is 6.10 Å². The number of halogens is 1. The van der Waals surface area contributed by atoms with Crippen molar-refractivity contribution >= 4 is 0 Å². The number of benzene rings is 1. The maximum atomic E-state index is 13.5. The Bertz CT molecular complexity index is 390. The molecule has 1 fully saturated rings. The lowest BCUT2D eigenvalue weighted by molar-refractivity contribution is 0.122. The minimum Gasteiger partial charge on any atom is -0.388 e. The molecule has 0 bridgehead atoms. The molecule has 1 saturated carbocycles. The Morgan fingerprint density at radius 3 is 2.63 bits per heavy atom. The molecule has 0 radical (unpaired) electrons. The zero-order chi connectivity index (χ0) is 13.7. The van der Waals surface area contributed by atoms with E-state index in [-0.39, 0.29) is 5.82 Å². The summed E-state index contributed by atoms with van der Waals surface area (Å²) < 4.78 is 13.5. The fourth-order valence-corrected chi connectivity index (χ4v) is 2.93. The van der Waals surface area contributed by atoms with Crippen LogP contribution in [0.4, 0.5) is 4.39 Å². The van der Waals surface area contributed by atoms with Crippen LogP contribution in [0.15, 0.2) is 24.3 Å². The van der Waals surface area contributed by atoms with Crippen LogP contribution in [-0.4, -0.2) is 29.6 Å². The van der Waals surface area contributed by atoms with Crippen LogP contribution in [0, 0.1) is 5.82 Å². The van der Waals surface area contributed by atoms with Crippen molar-refractivity contribution in [2.24, 2.45) is 0 Å². The number of hydrogen-bond acceptors (Lipinski definition) is 2. The van der Waals surface area contributed by atoms with E-state index in [2.05, 4.69) is 11.9 Å².